The van der Waals surface area contributed by atoms with E-state index in [2.05, 4.69) is 30.4 Å². The van der Waals surface area contributed by atoms with Crippen molar-refractivity contribution in [2.75, 3.05) is 18.1 Å². The Morgan fingerprint density at radius 2 is 2.31 bits per heavy atom. The van der Waals surface area contributed by atoms with Crippen molar-refractivity contribution < 1.29 is 9.90 Å². The summed E-state index contributed by atoms with van der Waals surface area (Å²) in [6.07, 6.45) is 3.55. The fourth-order valence-electron chi connectivity index (χ4n) is 1.04. The lowest BCUT2D eigenvalue weighted by Crippen LogP contribution is -2.25. The molecule has 2 N–H and O–H groups in total. The Labute approximate surface area is 99.5 Å². The van der Waals surface area contributed by atoms with Gasteiger partial charge in [-0.1, -0.05) is 0 Å². The zero-order valence-electron chi connectivity index (χ0n) is 9.65. The van der Waals surface area contributed by atoms with Crippen LogP contribution in [0.5, 0.6) is 0 Å². The number of nitrogens with zero attached hydrogens (tertiary/aromatic N) is 1. The third-order valence-electron chi connectivity index (χ3n) is 2.25. The molecule has 1 aromatic heterocycles. The van der Waals surface area contributed by atoms with E-state index in [0.717, 1.165) is 12.2 Å². The number of aromatic carboxylic acids is 1. The monoisotopic (exact) mass is 240 g/mol. The second-order valence-electron chi connectivity index (χ2n) is 4.05. The molecule has 1 aromatic rings. The fraction of sp³-hybridized carbons (Fsp3) is 0.455. The fourth-order valence-corrected chi connectivity index (χ4v) is 1.26. The summed E-state index contributed by atoms with van der Waals surface area (Å²) in [6, 6.07) is 3.31. The lowest BCUT2D eigenvalue weighted by atomic mass is 10.2. The maximum atomic E-state index is 10.7. The molecule has 0 radical (unpaired) electrons. The smallest absolute Gasteiger partial charge is 0.354 e. The van der Waals surface area contributed by atoms with E-state index in [-0.39, 0.29) is 10.4 Å². The molecule has 4 nitrogen and oxygen atoms in total. The van der Waals surface area contributed by atoms with E-state index in [9.17, 15) is 4.79 Å². The van der Waals surface area contributed by atoms with Gasteiger partial charge >= 0.3 is 5.97 Å². The molecule has 0 fully saturated rings. The van der Waals surface area contributed by atoms with Gasteiger partial charge in [-0.05, 0) is 32.2 Å². The zero-order chi connectivity index (χ0) is 12.2. The standard InChI is InChI=1S/C11H16N2O2S/c1-11(2,16-3)7-13-8-4-5-12-9(6-8)10(14)15/h4-6H,7H2,1-3H3,(H,12,13)(H,14,15). The largest absolute Gasteiger partial charge is 0.477 e. The third-order valence-corrected chi connectivity index (χ3v) is 3.50. The van der Waals surface area contributed by atoms with Gasteiger partial charge in [0.2, 0.25) is 0 Å². The summed E-state index contributed by atoms with van der Waals surface area (Å²) in [4.78, 5) is 14.5. The van der Waals surface area contributed by atoms with Crippen LogP contribution < -0.4 is 5.32 Å². The lowest BCUT2D eigenvalue weighted by Gasteiger charge is -2.22. The van der Waals surface area contributed by atoms with E-state index in [1.54, 1.807) is 23.9 Å². The van der Waals surface area contributed by atoms with Gasteiger partial charge in [0.15, 0.2) is 0 Å². The van der Waals surface area contributed by atoms with Crippen LogP contribution >= 0.6 is 11.8 Å². The molecule has 0 aliphatic carbocycles. The highest BCUT2D eigenvalue weighted by molar-refractivity contribution is 7.99. The maximum absolute atomic E-state index is 10.7. The number of anilines is 1. The Kier molecular flexibility index (Phi) is 4.18. The van der Waals surface area contributed by atoms with Crippen LogP contribution in [0.1, 0.15) is 24.3 Å². The zero-order valence-corrected chi connectivity index (χ0v) is 10.5. The van der Waals surface area contributed by atoms with Gasteiger partial charge in [-0.25, -0.2) is 9.78 Å². The van der Waals surface area contributed by atoms with Crippen molar-refractivity contribution in [1.29, 1.82) is 0 Å². The number of carboxylic acid groups (broad SMARTS) is 1. The van der Waals surface area contributed by atoms with Gasteiger partial charge in [0.05, 0.1) is 0 Å². The molecule has 1 heterocycles. The Morgan fingerprint density at radius 1 is 1.62 bits per heavy atom. The Morgan fingerprint density at radius 3 is 2.88 bits per heavy atom. The number of carboxylic acids is 1. The Bertz CT molecular complexity index is 380. The van der Waals surface area contributed by atoms with E-state index in [4.69, 9.17) is 5.11 Å². The van der Waals surface area contributed by atoms with Crippen molar-refractivity contribution in [2.24, 2.45) is 0 Å². The van der Waals surface area contributed by atoms with Crippen molar-refractivity contribution in [2.45, 2.75) is 18.6 Å². The minimum absolute atomic E-state index is 0.0620. The van der Waals surface area contributed by atoms with Crippen molar-refractivity contribution in [1.82, 2.24) is 4.98 Å². The van der Waals surface area contributed by atoms with Crippen LogP contribution in [0.15, 0.2) is 18.3 Å². The van der Waals surface area contributed by atoms with Crippen molar-refractivity contribution in [3.8, 4) is 0 Å². The van der Waals surface area contributed by atoms with E-state index in [1.807, 2.05) is 0 Å². The van der Waals surface area contributed by atoms with Crippen LogP contribution in [0.4, 0.5) is 5.69 Å². The molecule has 0 unspecified atom stereocenters. The van der Waals surface area contributed by atoms with Gasteiger partial charge in [0.25, 0.3) is 0 Å². The number of aromatic nitrogens is 1. The average molecular weight is 240 g/mol. The second-order valence-corrected chi connectivity index (χ2v) is 5.57. The van der Waals surface area contributed by atoms with Crippen LogP contribution in [-0.2, 0) is 0 Å². The molecule has 0 saturated carbocycles. The average Bonchev–Trinajstić information content (AvgIpc) is 2.27. The van der Waals surface area contributed by atoms with Gasteiger partial charge in [-0.15, -0.1) is 0 Å². The van der Waals surface area contributed by atoms with E-state index >= 15 is 0 Å². The third kappa shape index (κ3) is 3.73. The molecule has 0 spiro atoms. The number of hydrogen-bond acceptors (Lipinski definition) is 4. The summed E-state index contributed by atoms with van der Waals surface area (Å²) in [6.45, 7) is 5.03. The molecule has 1 rings (SSSR count). The quantitative estimate of drug-likeness (QED) is 0.827. The first kappa shape index (κ1) is 12.8. The molecule has 16 heavy (non-hydrogen) atoms. The molecule has 0 atom stereocenters. The molecular formula is C11H16N2O2S. The summed E-state index contributed by atoms with van der Waals surface area (Å²) in [5, 5.41) is 12.0. The first-order valence-electron chi connectivity index (χ1n) is 4.93. The molecule has 5 heteroatoms. The summed E-state index contributed by atoms with van der Waals surface area (Å²) in [5.74, 6) is -1.01. The lowest BCUT2D eigenvalue weighted by molar-refractivity contribution is 0.0690. The molecule has 0 amide bonds. The van der Waals surface area contributed by atoms with Gasteiger partial charge in [0, 0.05) is 23.2 Å². The number of carbonyl (C=O) groups is 1. The molecule has 0 aliphatic heterocycles. The van der Waals surface area contributed by atoms with Crippen LogP contribution in [-0.4, -0.2) is 33.6 Å². The van der Waals surface area contributed by atoms with Crippen LogP contribution in [0.2, 0.25) is 0 Å². The molecule has 0 aliphatic rings. The van der Waals surface area contributed by atoms with E-state index in [0.29, 0.717) is 0 Å². The van der Waals surface area contributed by atoms with Gasteiger partial charge in [0.1, 0.15) is 5.69 Å². The Hall–Kier alpha value is -1.23. The van der Waals surface area contributed by atoms with Gasteiger partial charge < -0.3 is 10.4 Å². The van der Waals surface area contributed by atoms with Gasteiger partial charge in [-0.3, -0.25) is 0 Å². The molecule has 0 saturated heterocycles. The summed E-state index contributed by atoms with van der Waals surface area (Å²) in [7, 11) is 0. The van der Waals surface area contributed by atoms with Crippen molar-refractivity contribution in [3.05, 3.63) is 24.0 Å². The minimum atomic E-state index is -1.01. The predicted molar refractivity (Wildman–Crippen MR) is 67.3 cm³/mol. The highest BCUT2D eigenvalue weighted by atomic mass is 32.2. The normalized spacial score (nSPS) is 11.2. The predicted octanol–water partition coefficient (Wildman–Crippen LogP) is 2.33. The first-order chi connectivity index (χ1) is 7.44. The minimum Gasteiger partial charge on any atom is -0.477 e. The summed E-state index contributed by atoms with van der Waals surface area (Å²) < 4.78 is 0.118. The molecular weight excluding hydrogens is 224 g/mol. The number of rotatable bonds is 5. The number of nitrogens with one attached hydrogen (secondary N) is 1. The van der Waals surface area contributed by atoms with Gasteiger partial charge in [-0.2, -0.15) is 11.8 Å². The second kappa shape index (κ2) is 5.21. The molecule has 88 valence electrons. The van der Waals surface area contributed by atoms with Crippen LogP contribution in [0.25, 0.3) is 0 Å². The number of hydrogen-bond donors (Lipinski definition) is 2. The topological polar surface area (TPSA) is 62.2 Å². The van der Waals surface area contributed by atoms with E-state index < -0.39 is 5.97 Å². The summed E-state index contributed by atoms with van der Waals surface area (Å²) in [5.41, 5.74) is 0.849. The highest BCUT2D eigenvalue weighted by Crippen LogP contribution is 2.21. The van der Waals surface area contributed by atoms with E-state index in [1.165, 1.54) is 6.20 Å². The maximum Gasteiger partial charge on any atom is 0.354 e. The molecule has 0 aromatic carbocycles. The SMILES string of the molecule is CSC(C)(C)CNc1ccnc(C(=O)O)c1. The molecule has 0 bridgehead atoms. The summed E-state index contributed by atoms with van der Waals surface area (Å²) >= 11 is 1.76. The van der Waals surface area contributed by atoms with Crippen molar-refractivity contribution >= 4 is 23.4 Å². The van der Waals surface area contributed by atoms with Crippen LogP contribution in [0.3, 0.4) is 0 Å². The van der Waals surface area contributed by atoms with Crippen molar-refractivity contribution in [3.63, 3.8) is 0 Å². The highest BCUT2D eigenvalue weighted by Gasteiger charge is 2.15. The number of pyridine rings is 1. The first-order valence-corrected chi connectivity index (χ1v) is 6.15. The van der Waals surface area contributed by atoms with Crippen LogP contribution in [0, 0.1) is 0 Å². The Balaban J connectivity index is 2.68. The number of thioether (sulfide) groups is 1.